The highest BCUT2D eigenvalue weighted by molar-refractivity contribution is 6.20. The van der Waals surface area contributed by atoms with Crippen LogP contribution in [-0.2, 0) is 96.7 Å². The third-order valence-electron chi connectivity index (χ3n) is 30.0. The summed E-state index contributed by atoms with van der Waals surface area (Å²) < 4.78 is 35.2. The van der Waals surface area contributed by atoms with Gasteiger partial charge in [0.2, 0.25) is 103 Å². The molecule has 24 N–H and O–H groups in total. The fraction of sp³-hybridized carbons (Fsp3) is 0.250. The summed E-state index contributed by atoms with van der Waals surface area (Å²) >= 11 is 0. The third kappa shape index (κ3) is 12.8. The standard InChI is InChI=1S/2C20H18N2O4.4C18H16N2O4/c2*1-10(23)22-19-13-8-7-12(11-5-6-11)9-16(13)26-20(19,25)14-3-2-4-15(21)17(14)18(19)24;4*1-9-6-7-11-14(8-9)24-18(23)12-4-3-5-13(19)15(12)16(22)17(11,18)20-10(2)21/h2*2-4,7-9,11,25H,5-6,21H2,1H3,(H,22,23);4*3-8,23H,19H2,1-2H3,(H,20,21)/t2*19-,20-;2*17-,18-;;/m1010../s1. The first kappa shape index (κ1) is 96.9. The summed E-state index contributed by atoms with van der Waals surface area (Å²) in [6.07, 6.45) is 4.49. The van der Waals surface area contributed by atoms with Crippen LogP contribution in [0.4, 0.5) is 34.1 Å². The quantitative estimate of drug-likeness (QED) is 0.0630. The van der Waals surface area contributed by atoms with Gasteiger partial charge in [-0.25, -0.2) is 0 Å². The maximum Gasteiger partial charge on any atom is 0.271 e. The molecule has 2 fully saturated rings. The van der Waals surface area contributed by atoms with Gasteiger partial charge in [-0.1, -0.05) is 146 Å². The van der Waals surface area contributed by atoms with Crippen LogP contribution in [0.3, 0.4) is 0 Å². The summed E-state index contributed by atoms with van der Waals surface area (Å²) in [5.74, 6) is -14.4. The van der Waals surface area contributed by atoms with Gasteiger partial charge in [0.05, 0.1) is 33.4 Å². The smallest absolute Gasteiger partial charge is 0.271 e. The van der Waals surface area contributed by atoms with Gasteiger partial charge in [-0.2, -0.15) is 0 Å². The number of aryl methyl sites for hydroxylation is 4. The van der Waals surface area contributed by atoms with Gasteiger partial charge in [0.1, 0.15) is 34.5 Å². The van der Waals surface area contributed by atoms with Crippen molar-refractivity contribution in [3.05, 3.63) is 352 Å². The van der Waals surface area contributed by atoms with E-state index >= 15 is 0 Å². The number of anilines is 6. The number of hydrogen-bond acceptors (Lipinski definition) is 30. The Morgan fingerprint density at radius 3 is 0.547 bits per heavy atom. The fourth-order valence-corrected chi connectivity index (χ4v) is 23.6. The van der Waals surface area contributed by atoms with E-state index in [4.69, 9.17) is 62.8 Å². The molecule has 0 spiro atoms. The number of carbonyl (C=O) groups is 12. The molecule has 12 aromatic carbocycles. The number of rotatable bonds is 8. The molecule has 0 bridgehead atoms. The summed E-state index contributed by atoms with van der Waals surface area (Å²) in [4.78, 5) is 151. The minimum absolute atomic E-state index is 0.181. The highest BCUT2D eigenvalue weighted by Crippen LogP contribution is 2.67. The second kappa shape index (κ2) is 32.7. The molecule has 6 aliphatic heterocycles. The second-order valence-corrected chi connectivity index (χ2v) is 39.7. The Morgan fingerprint density at radius 2 is 0.392 bits per heavy atom. The molecule has 0 radical (unpaired) electrons. The number of fused-ring (bicyclic) bond motifs is 30. The molecule has 26 rings (SSSR count). The van der Waals surface area contributed by atoms with Crippen LogP contribution in [-0.4, -0.2) is 101 Å². The first-order chi connectivity index (χ1) is 70.0. The van der Waals surface area contributed by atoms with E-state index in [1.54, 1.807) is 194 Å². The van der Waals surface area contributed by atoms with Crippen molar-refractivity contribution in [3.8, 4) is 34.5 Å². The monoisotopic (exact) mass is 2000 g/mol. The van der Waals surface area contributed by atoms with Gasteiger partial charge in [0, 0.05) is 142 Å². The molecule has 12 atom stereocenters. The van der Waals surface area contributed by atoms with Gasteiger partial charge in [0.25, 0.3) is 34.7 Å². The van der Waals surface area contributed by atoms with Crippen LogP contribution >= 0.6 is 0 Å². The molecular formula is C112H100N12O24. The number of nitrogens with one attached hydrogen (secondary N) is 6. The van der Waals surface area contributed by atoms with E-state index in [0.29, 0.717) is 79.7 Å². The number of nitrogens with two attached hydrogens (primary N) is 6. The van der Waals surface area contributed by atoms with Crippen LogP contribution in [0.5, 0.6) is 34.5 Å². The first-order valence-corrected chi connectivity index (χ1v) is 47.6. The molecule has 6 heterocycles. The number of Topliss-reactive ketones (excluding diaryl/α,β-unsaturated/α-hetero) is 6. The zero-order chi connectivity index (χ0) is 106. The Labute approximate surface area is 843 Å². The summed E-state index contributed by atoms with van der Waals surface area (Å²) in [5, 5.41) is 84.5. The number of hydrogen-bond donors (Lipinski definition) is 18. The SMILES string of the molecule is CC(=O)NC12C(=O)c3c(N)cccc3C1(O)Oc1cc(C)ccc12.CC(=O)NC12C(=O)c3c(N)cccc3C1(O)Oc1cc(C)ccc12.CC(=O)N[C@@]12C(=O)c3c(N)cccc3[C@]1(O)Oc1cc(C)ccc12.CC(=O)N[C@@]12C(=O)c3c(N)cccc3[C@]1(O)Oc1cc(C3CC3)ccc12.CC(=O)N[C@]12C(=O)c3c(N)cccc3[C@@]1(O)Oc1cc(C)ccc12.CC(=O)N[C@]12C(=O)c3c(N)cccc3[C@@]1(O)Oc1cc(C3CC3)ccc12. The number of amides is 6. The molecule has 14 aliphatic rings. The Kier molecular flexibility index (Phi) is 21.4. The normalized spacial score (nSPS) is 27.0. The van der Waals surface area contributed by atoms with Crippen LogP contribution < -0.4 is 94.7 Å². The van der Waals surface area contributed by atoms with Crippen molar-refractivity contribution in [2.45, 2.75) is 175 Å². The zero-order valence-electron chi connectivity index (χ0n) is 81.3. The largest absolute Gasteiger partial charge is 0.454 e. The van der Waals surface area contributed by atoms with Crippen molar-refractivity contribution in [3.63, 3.8) is 0 Å². The molecule has 4 unspecified atom stereocenters. The van der Waals surface area contributed by atoms with Gasteiger partial charge in [-0.05, 0) is 171 Å². The van der Waals surface area contributed by atoms with E-state index in [1.165, 1.54) is 41.5 Å². The molecule has 148 heavy (non-hydrogen) atoms. The summed E-state index contributed by atoms with van der Waals surface area (Å²) in [7, 11) is 0. The van der Waals surface area contributed by atoms with Crippen molar-refractivity contribution in [1.29, 1.82) is 0 Å². The van der Waals surface area contributed by atoms with E-state index < -0.39 is 138 Å². The molecule has 36 heteroatoms. The first-order valence-electron chi connectivity index (χ1n) is 47.6. The van der Waals surface area contributed by atoms with Crippen LogP contribution in [0.15, 0.2) is 218 Å². The molecule has 0 saturated heterocycles. The fourth-order valence-electron chi connectivity index (χ4n) is 23.6. The minimum Gasteiger partial charge on any atom is -0.454 e. The van der Waals surface area contributed by atoms with Gasteiger partial charge < -0.3 is 125 Å². The van der Waals surface area contributed by atoms with Crippen LogP contribution in [0.2, 0.25) is 0 Å². The molecule has 6 amide bonds. The molecule has 8 aliphatic carbocycles. The number of ether oxygens (including phenoxy) is 6. The summed E-state index contributed by atoms with van der Waals surface area (Å²) in [6.45, 7) is 15.3. The third-order valence-corrected chi connectivity index (χ3v) is 30.0. The number of carbonyl (C=O) groups excluding carboxylic acids is 12. The zero-order valence-corrected chi connectivity index (χ0v) is 81.3. The van der Waals surface area contributed by atoms with E-state index in [0.717, 1.165) is 59.1 Å². The van der Waals surface area contributed by atoms with Crippen molar-refractivity contribution >= 4 is 104 Å². The molecular weight excluding hydrogens is 1900 g/mol. The summed E-state index contributed by atoms with van der Waals surface area (Å²) in [6, 6.07) is 61.0. The predicted octanol–water partition coefficient (Wildman–Crippen LogP) is 9.19. The van der Waals surface area contributed by atoms with Gasteiger partial charge >= 0.3 is 0 Å². The average molecular weight is 2000 g/mol. The lowest BCUT2D eigenvalue weighted by Crippen LogP contribution is -2.59. The predicted molar refractivity (Wildman–Crippen MR) is 533 cm³/mol. The van der Waals surface area contributed by atoms with Crippen LogP contribution in [0.1, 0.15) is 241 Å². The Bertz CT molecular complexity index is 7320. The Balaban J connectivity index is 0.000000104. The average Bonchev–Trinajstić information content (AvgIpc) is 1.53. The Hall–Kier alpha value is -17.2. The van der Waals surface area contributed by atoms with Crippen LogP contribution in [0, 0.1) is 27.7 Å². The molecule has 12 aromatic rings. The summed E-state index contributed by atoms with van der Waals surface area (Å²) in [5.41, 5.74) is 38.1. The molecule has 752 valence electrons. The molecule has 0 aromatic heterocycles. The maximum absolute atomic E-state index is 13.4. The molecule has 36 nitrogen and oxygen atoms in total. The topological polar surface area (TPSA) is 610 Å². The van der Waals surface area contributed by atoms with Crippen molar-refractivity contribution < 1.29 is 117 Å². The lowest BCUT2D eigenvalue weighted by molar-refractivity contribution is -0.175. The number of ketones is 6. The van der Waals surface area contributed by atoms with Crippen molar-refractivity contribution in [2.75, 3.05) is 34.4 Å². The molecule has 2 saturated carbocycles. The lowest BCUT2D eigenvalue weighted by atomic mass is 9.82. The van der Waals surface area contributed by atoms with E-state index in [1.807, 2.05) is 52.0 Å². The van der Waals surface area contributed by atoms with Crippen molar-refractivity contribution in [2.24, 2.45) is 0 Å². The Morgan fingerprint density at radius 1 is 0.236 bits per heavy atom. The van der Waals surface area contributed by atoms with E-state index in [9.17, 15) is 88.2 Å². The van der Waals surface area contributed by atoms with Crippen molar-refractivity contribution in [1.82, 2.24) is 31.9 Å². The van der Waals surface area contributed by atoms with E-state index in [-0.39, 0.29) is 101 Å². The highest BCUT2D eigenvalue weighted by Gasteiger charge is 2.79. The number of benzene rings is 12. The van der Waals surface area contributed by atoms with Crippen LogP contribution in [0.25, 0.3) is 0 Å². The maximum atomic E-state index is 13.4. The van der Waals surface area contributed by atoms with Gasteiger partial charge in [-0.15, -0.1) is 0 Å². The highest BCUT2D eigenvalue weighted by atomic mass is 16.7. The van der Waals surface area contributed by atoms with Gasteiger partial charge in [-0.3, -0.25) is 57.5 Å². The van der Waals surface area contributed by atoms with E-state index in [2.05, 4.69) is 31.9 Å². The number of nitrogen functional groups attached to an aromatic ring is 6. The van der Waals surface area contributed by atoms with Gasteiger partial charge in [0.15, 0.2) is 0 Å². The minimum atomic E-state index is -2.03. The number of aliphatic hydroxyl groups is 6. The second-order valence-electron chi connectivity index (χ2n) is 39.7. The lowest BCUT2D eigenvalue weighted by Gasteiger charge is -2.34.